The molecular formula is C15H32N4O. The van der Waals surface area contributed by atoms with Gasteiger partial charge in [-0.1, -0.05) is 6.92 Å². The topological polar surface area (TPSA) is 62.9 Å². The molecule has 0 spiro atoms. The van der Waals surface area contributed by atoms with Crippen LogP contribution in [0, 0.1) is 5.92 Å². The Morgan fingerprint density at radius 3 is 2.75 bits per heavy atom. The first-order valence-corrected chi connectivity index (χ1v) is 8.10. The highest BCUT2D eigenvalue weighted by molar-refractivity contribution is 5.77. The van der Waals surface area contributed by atoms with Gasteiger partial charge in [-0.05, 0) is 58.2 Å². The van der Waals surface area contributed by atoms with E-state index in [0.29, 0.717) is 5.96 Å². The van der Waals surface area contributed by atoms with Gasteiger partial charge in [0.25, 0.3) is 0 Å². The largest absolute Gasteiger partial charge is 0.382 e. The number of aliphatic imine (C=N–C) groups is 1. The van der Waals surface area contributed by atoms with Crippen molar-refractivity contribution >= 4 is 5.96 Å². The zero-order chi connectivity index (χ0) is 14.6. The Hall–Kier alpha value is -0.810. The number of rotatable bonds is 9. The van der Waals surface area contributed by atoms with Crippen molar-refractivity contribution in [3.05, 3.63) is 0 Å². The molecule has 0 saturated carbocycles. The van der Waals surface area contributed by atoms with Crippen molar-refractivity contribution in [1.29, 1.82) is 0 Å². The molecule has 0 amide bonds. The average Bonchev–Trinajstić information content (AvgIpc) is 2.48. The van der Waals surface area contributed by atoms with E-state index in [4.69, 9.17) is 10.5 Å². The Kier molecular flexibility index (Phi) is 9.41. The maximum atomic E-state index is 5.84. The lowest BCUT2D eigenvalue weighted by molar-refractivity contribution is 0.146. The normalized spacial score (nSPS) is 18.4. The lowest BCUT2D eigenvalue weighted by atomic mass is 9.93. The third-order valence-corrected chi connectivity index (χ3v) is 3.95. The van der Waals surface area contributed by atoms with Gasteiger partial charge in [-0.3, -0.25) is 4.99 Å². The molecule has 0 unspecified atom stereocenters. The Morgan fingerprint density at radius 1 is 1.35 bits per heavy atom. The molecule has 0 bridgehead atoms. The first kappa shape index (κ1) is 17.2. The standard InChI is InChI=1S/C15H32N4O/c1-3-19-11-7-14(8-12-19)6-10-18-15(16)17-9-5-13-20-4-2/h14H,3-13H2,1-2H3,(H3,16,17,18). The maximum absolute atomic E-state index is 5.84. The van der Waals surface area contributed by atoms with Crippen LogP contribution in [-0.2, 0) is 4.74 Å². The number of hydrogen-bond acceptors (Lipinski definition) is 3. The molecule has 3 N–H and O–H groups in total. The number of piperidine rings is 1. The van der Waals surface area contributed by atoms with Crippen LogP contribution in [0.2, 0.25) is 0 Å². The van der Waals surface area contributed by atoms with Gasteiger partial charge in [0.2, 0.25) is 0 Å². The van der Waals surface area contributed by atoms with Crippen molar-refractivity contribution < 1.29 is 4.74 Å². The summed E-state index contributed by atoms with van der Waals surface area (Å²) in [6, 6.07) is 0. The molecule has 1 heterocycles. The Balaban J connectivity index is 2.01. The molecule has 1 rings (SSSR count). The van der Waals surface area contributed by atoms with E-state index in [-0.39, 0.29) is 0 Å². The van der Waals surface area contributed by atoms with Gasteiger partial charge in [0, 0.05) is 26.3 Å². The molecule has 0 atom stereocenters. The lowest BCUT2D eigenvalue weighted by Crippen LogP contribution is -2.36. The molecule has 5 heteroatoms. The van der Waals surface area contributed by atoms with Crippen LogP contribution in [0.3, 0.4) is 0 Å². The van der Waals surface area contributed by atoms with Gasteiger partial charge < -0.3 is 20.7 Å². The molecular weight excluding hydrogens is 252 g/mol. The number of ether oxygens (including phenoxy) is 1. The van der Waals surface area contributed by atoms with Crippen molar-refractivity contribution in [2.75, 3.05) is 45.9 Å². The van der Waals surface area contributed by atoms with Crippen LogP contribution in [0.4, 0.5) is 0 Å². The fourth-order valence-electron chi connectivity index (χ4n) is 2.56. The van der Waals surface area contributed by atoms with Crippen molar-refractivity contribution in [1.82, 2.24) is 10.2 Å². The molecule has 5 nitrogen and oxygen atoms in total. The molecule has 0 aromatic heterocycles. The quantitative estimate of drug-likeness (QED) is 0.382. The minimum absolute atomic E-state index is 0.576. The van der Waals surface area contributed by atoms with E-state index in [1.165, 1.54) is 38.9 Å². The van der Waals surface area contributed by atoms with E-state index >= 15 is 0 Å². The lowest BCUT2D eigenvalue weighted by Gasteiger charge is -2.31. The second-order valence-electron chi connectivity index (χ2n) is 5.41. The number of nitrogens with one attached hydrogen (secondary N) is 1. The number of nitrogens with two attached hydrogens (primary N) is 1. The van der Waals surface area contributed by atoms with Crippen molar-refractivity contribution in [2.24, 2.45) is 16.6 Å². The summed E-state index contributed by atoms with van der Waals surface area (Å²) in [5.74, 6) is 1.42. The van der Waals surface area contributed by atoms with E-state index in [2.05, 4.69) is 22.1 Å². The van der Waals surface area contributed by atoms with Crippen LogP contribution in [0.1, 0.15) is 39.5 Å². The van der Waals surface area contributed by atoms with Gasteiger partial charge in [0.1, 0.15) is 0 Å². The molecule has 20 heavy (non-hydrogen) atoms. The summed E-state index contributed by atoms with van der Waals surface area (Å²) in [5, 5.41) is 3.22. The molecule has 118 valence electrons. The monoisotopic (exact) mass is 284 g/mol. The number of guanidine groups is 1. The smallest absolute Gasteiger partial charge is 0.188 e. The molecule has 1 fully saturated rings. The van der Waals surface area contributed by atoms with Gasteiger partial charge in [-0.2, -0.15) is 0 Å². The molecule has 1 aliphatic rings. The predicted octanol–water partition coefficient (Wildman–Crippen LogP) is 1.44. The van der Waals surface area contributed by atoms with Crippen LogP contribution < -0.4 is 11.1 Å². The first-order chi connectivity index (χ1) is 9.76. The number of likely N-dealkylation sites (tertiary alicyclic amines) is 1. The summed E-state index contributed by atoms with van der Waals surface area (Å²) < 4.78 is 5.26. The molecule has 0 aromatic carbocycles. The second-order valence-corrected chi connectivity index (χ2v) is 5.41. The van der Waals surface area contributed by atoms with Gasteiger partial charge >= 0.3 is 0 Å². The highest BCUT2D eigenvalue weighted by Crippen LogP contribution is 2.19. The van der Waals surface area contributed by atoms with Crippen LogP contribution in [0.25, 0.3) is 0 Å². The molecule has 1 saturated heterocycles. The van der Waals surface area contributed by atoms with E-state index in [1.807, 2.05) is 6.92 Å². The Labute approximate surface area is 124 Å². The Bertz CT molecular complexity index is 263. The highest BCUT2D eigenvalue weighted by Gasteiger charge is 2.17. The van der Waals surface area contributed by atoms with Gasteiger partial charge in [-0.15, -0.1) is 0 Å². The fourth-order valence-corrected chi connectivity index (χ4v) is 2.56. The van der Waals surface area contributed by atoms with Crippen LogP contribution >= 0.6 is 0 Å². The number of nitrogens with zero attached hydrogens (tertiary/aromatic N) is 2. The predicted molar refractivity (Wildman–Crippen MR) is 85.1 cm³/mol. The zero-order valence-electron chi connectivity index (χ0n) is 13.2. The third kappa shape index (κ3) is 7.70. The Morgan fingerprint density at radius 2 is 2.10 bits per heavy atom. The van der Waals surface area contributed by atoms with Crippen molar-refractivity contribution in [3.8, 4) is 0 Å². The van der Waals surface area contributed by atoms with Crippen LogP contribution in [-0.4, -0.2) is 56.8 Å². The fraction of sp³-hybridized carbons (Fsp3) is 0.933. The summed E-state index contributed by atoms with van der Waals surface area (Å²) >= 11 is 0. The highest BCUT2D eigenvalue weighted by atomic mass is 16.5. The maximum Gasteiger partial charge on any atom is 0.188 e. The van der Waals surface area contributed by atoms with E-state index in [9.17, 15) is 0 Å². The molecule has 0 aromatic rings. The molecule has 0 radical (unpaired) electrons. The molecule has 1 aliphatic heterocycles. The summed E-state index contributed by atoms with van der Waals surface area (Å²) in [5.41, 5.74) is 5.84. The zero-order valence-corrected chi connectivity index (χ0v) is 13.2. The van der Waals surface area contributed by atoms with Gasteiger partial charge in [-0.25, -0.2) is 0 Å². The SMILES string of the molecule is CCOCCCN=C(N)NCCC1CCN(CC)CC1. The van der Waals surface area contributed by atoms with Crippen LogP contribution in [0.5, 0.6) is 0 Å². The summed E-state index contributed by atoms with van der Waals surface area (Å²) in [7, 11) is 0. The van der Waals surface area contributed by atoms with Crippen LogP contribution in [0.15, 0.2) is 4.99 Å². The van der Waals surface area contributed by atoms with Crippen molar-refractivity contribution in [2.45, 2.75) is 39.5 Å². The van der Waals surface area contributed by atoms with E-state index < -0.39 is 0 Å². The number of hydrogen-bond donors (Lipinski definition) is 2. The third-order valence-electron chi connectivity index (χ3n) is 3.95. The second kappa shape index (κ2) is 10.9. The minimum atomic E-state index is 0.576. The summed E-state index contributed by atoms with van der Waals surface area (Å²) in [4.78, 5) is 6.82. The van der Waals surface area contributed by atoms with Gasteiger partial charge in [0.15, 0.2) is 5.96 Å². The van der Waals surface area contributed by atoms with Crippen molar-refractivity contribution in [3.63, 3.8) is 0 Å². The van der Waals surface area contributed by atoms with Gasteiger partial charge in [0.05, 0.1) is 0 Å². The summed E-state index contributed by atoms with van der Waals surface area (Å²) in [6.45, 7) is 11.2. The van der Waals surface area contributed by atoms with E-state index in [1.54, 1.807) is 0 Å². The average molecular weight is 284 g/mol. The summed E-state index contributed by atoms with van der Waals surface area (Å²) in [6.07, 6.45) is 4.78. The molecule has 0 aliphatic carbocycles. The van der Waals surface area contributed by atoms with E-state index in [0.717, 1.165) is 38.6 Å². The first-order valence-electron chi connectivity index (χ1n) is 8.10. The minimum Gasteiger partial charge on any atom is -0.382 e.